The molecule has 0 amide bonds. The van der Waals surface area contributed by atoms with Crippen LogP contribution in [0.4, 0.5) is 0 Å². The third-order valence-electron chi connectivity index (χ3n) is 1.09. The van der Waals surface area contributed by atoms with Crippen LogP contribution in [-0.4, -0.2) is 18.5 Å². The van der Waals surface area contributed by atoms with Crippen molar-refractivity contribution in [3.63, 3.8) is 0 Å². The molecular weight excluding hydrogens is 98.1 g/mol. The summed E-state index contributed by atoms with van der Waals surface area (Å²) in [6, 6.07) is 0. The molecule has 8 heavy (non-hydrogen) atoms. The van der Waals surface area contributed by atoms with Crippen molar-refractivity contribution in [3.05, 3.63) is 7.05 Å². The normalized spacial score (nSPS) is 11.2. The smallest absolute Gasteiger partial charge is 0.0303 e. The molecule has 0 fully saturated rings. The molecule has 0 aliphatic carbocycles. The number of hydrogen-bond acceptors (Lipinski definition) is 1. The first-order valence-electron chi connectivity index (χ1n) is 3.14. The van der Waals surface area contributed by atoms with E-state index in [-0.39, 0.29) is 0 Å². The van der Waals surface area contributed by atoms with Gasteiger partial charge in [0.1, 0.15) is 0 Å². The number of hydrogen-bond donors (Lipinski definition) is 0. The molecule has 0 saturated heterocycles. The van der Waals surface area contributed by atoms with Gasteiger partial charge in [-0.25, -0.2) is 0 Å². The predicted molar refractivity (Wildman–Crippen MR) is 37.4 cm³/mol. The van der Waals surface area contributed by atoms with E-state index in [4.69, 9.17) is 0 Å². The molecule has 0 saturated carbocycles. The van der Waals surface area contributed by atoms with Crippen LogP contribution in [0.2, 0.25) is 0 Å². The molecule has 0 atom stereocenters. The van der Waals surface area contributed by atoms with Crippen LogP contribution in [0.25, 0.3) is 0 Å². The lowest BCUT2D eigenvalue weighted by Gasteiger charge is -2.18. The molecule has 1 heteroatoms. The van der Waals surface area contributed by atoms with E-state index in [0.717, 1.165) is 12.5 Å². The summed E-state index contributed by atoms with van der Waals surface area (Å²) in [4.78, 5) is 1.97. The van der Waals surface area contributed by atoms with Gasteiger partial charge in [-0.1, -0.05) is 13.8 Å². The highest BCUT2D eigenvalue weighted by molar-refractivity contribution is 4.50. The second kappa shape index (κ2) is 3.90. The zero-order valence-electron chi connectivity index (χ0n) is 6.15. The quantitative estimate of drug-likeness (QED) is 0.505. The molecule has 0 unspecified atom stereocenters. The molecule has 0 rings (SSSR count). The Balaban J connectivity index is 2.93. The molecule has 0 spiro atoms. The molecule has 0 aliphatic rings. The van der Waals surface area contributed by atoms with Crippen molar-refractivity contribution in [2.75, 3.05) is 13.6 Å². The number of rotatable bonds is 3. The molecule has 1 nitrogen and oxygen atoms in total. The standard InChI is InChI=1S/C7H16N/c1-7(2)5-6-8(3)4/h7H,3,5-6H2,1-2,4H3/q-1. The minimum atomic E-state index is 0.805. The van der Waals surface area contributed by atoms with Gasteiger partial charge < -0.3 is 4.90 Å². The van der Waals surface area contributed by atoms with Crippen molar-refractivity contribution < 1.29 is 0 Å². The fourth-order valence-corrected chi connectivity index (χ4v) is 0.479. The summed E-state index contributed by atoms with van der Waals surface area (Å²) in [5.41, 5.74) is 0. The summed E-state index contributed by atoms with van der Waals surface area (Å²) in [5.74, 6) is 0.805. The zero-order chi connectivity index (χ0) is 6.57. The fraction of sp³-hybridized carbons (Fsp3) is 0.857. The van der Waals surface area contributed by atoms with Crippen LogP contribution in [-0.2, 0) is 0 Å². The SMILES string of the molecule is [CH2-]N(C)CCC(C)C. The van der Waals surface area contributed by atoms with Crippen LogP contribution in [0, 0.1) is 13.0 Å². The Morgan fingerprint density at radius 1 is 1.50 bits per heavy atom. The molecule has 0 aliphatic heterocycles. The molecule has 0 aromatic heterocycles. The molecule has 0 aromatic rings. The van der Waals surface area contributed by atoms with Gasteiger partial charge in [-0.05, 0) is 25.9 Å². The minimum absolute atomic E-state index is 0.805. The van der Waals surface area contributed by atoms with E-state index in [2.05, 4.69) is 20.9 Å². The van der Waals surface area contributed by atoms with Gasteiger partial charge in [0.15, 0.2) is 0 Å². The Morgan fingerprint density at radius 2 is 2.00 bits per heavy atom. The molecule has 0 N–H and O–H groups in total. The summed E-state index contributed by atoms with van der Waals surface area (Å²) in [7, 11) is 5.75. The monoisotopic (exact) mass is 114 g/mol. The van der Waals surface area contributed by atoms with E-state index in [0.29, 0.717) is 0 Å². The lowest BCUT2D eigenvalue weighted by Crippen LogP contribution is -2.11. The summed E-state index contributed by atoms with van der Waals surface area (Å²) < 4.78 is 0. The molecule has 50 valence electrons. The maximum atomic E-state index is 3.74. The Labute approximate surface area is 52.7 Å². The Hall–Kier alpha value is -0.0400. The van der Waals surface area contributed by atoms with E-state index < -0.39 is 0 Å². The van der Waals surface area contributed by atoms with Gasteiger partial charge in [0.25, 0.3) is 0 Å². The Bertz CT molecular complexity index is 40.3. The van der Waals surface area contributed by atoms with Crippen molar-refractivity contribution in [2.45, 2.75) is 20.3 Å². The average molecular weight is 114 g/mol. The van der Waals surface area contributed by atoms with Crippen LogP contribution < -0.4 is 0 Å². The summed E-state index contributed by atoms with van der Waals surface area (Å²) in [6.45, 7) is 5.56. The maximum Gasteiger partial charge on any atom is -0.0303 e. The van der Waals surface area contributed by atoms with E-state index in [1.165, 1.54) is 6.42 Å². The summed E-state index contributed by atoms with van der Waals surface area (Å²) in [5, 5.41) is 0. The van der Waals surface area contributed by atoms with Crippen LogP contribution in [0.1, 0.15) is 20.3 Å². The zero-order valence-corrected chi connectivity index (χ0v) is 6.15. The molecule has 0 radical (unpaired) electrons. The highest BCUT2D eigenvalue weighted by Crippen LogP contribution is 1.98. The van der Waals surface area contributed by atoms with E-state index in [1.54, 1.807) is 0 Å². The topological polar surface area (TPSA) is 3.24 Å². The van der Waals surface area contributed by atoms with Gasteiger partial charge in [-0.15, -0.1) is 0 Å². The van der Waals surface area contributed by atoms with Crippen molar-refractivity contribution in [1.82, 2.24) is 4.90 Å². The Kier molecular flexibility index (Phi) is 3.88. The van der Waals surface area contributed by atoms with Gasteiger partial charge in [-0.2, -0.15) is 0 Å². The lowest BCUT2D eigenvalue weighted by atomic mass is 10.1. The van der Waals surface area contributed by atoms with Gasteiger partial charge in [0.2, 0.25) is 0 Å². The second-order valence-electron chi connectivity index (χ2n) is 2.76. The van der Waals surface area contributed by atoms with Crippen molar-refractivity contribution in [2.24, 2.45) is 5.92 Å². The Morgan fingerprint density at radius 3 is 2.12 bits per heavy atom. The van der Waals surface area contributed by atoms with E-state index >= 15 is 0 Å². The fourth-order valence-electron chi connectivity index (χ4n) is 0.479. The highest BCUT2D eigenvalue weighted by atomic mass is 15.0. The van der Waals surface area contributed by atoms with Crippen LogP contribution in [0.3, 0.4) is 0 Å². The molecule has 0 heterocycles. The van der Waals surface area contributed by atoms with Crippen molar-refractivity contribution >= 4 is 0 Å². The molecular formula is C7H16N-. The second-order valence-corrected chi connectivity index (χ2v) is 2.76. The van der Waals surface area contributed by atoms with E-state index in [1.807, 2.05) is 11.9 Å². The first-order valence-corrected chi connectivity index (χ1v) is 3.14. The first kappa shape index (κ1) is 7.96. The first-order chi connectivity index (χ1) is 3.63. The summed E-state index contributed by atoms with van der Waals surface area (Å²) >= 11 is 0. The third kappa shape index (κ3) is 5.96. The van der Waals surface area contributed by atoms with Crippen molar-refractivity contribution in [1.29, 1.82) is 0 Å². The van der Waals surface area contributed by atoms with Crippen LogP contribution in [0.5, 0.6) is 0 Å². The van der Waals surface area contributed by atoms with Gasteiger partial charge in [0.05, 0.1) is 0 Å². The third-order valence-corrected chi connectivity index (χ3v) is 1.09. The van der Waals surface area contributed by atoms with Crippen LogP contribution in [0.15, 0.2) is 0 Å². The van der Waals surface area contributed by atoms with Gasteiger partial charge >= 0.3 is 0 Å². The maximum absolute atomic E-state index is 3.74. The predicted octanol–water partition coefficient (Wildman–Crippen LogP) is 1.76. The minimum Gasteiger partial charge on any atom is -0.462 e. The largest absolute Gasteiger partial charge is 0.462 e. The van der Waals surface area contributed by atoms with Gasteiger partial charge in [0, 0.05) is 0 Å². The summed E-state index contributed by atoms with van der Waals surface area (Å²) in [6.07, 6.45) is 1.25. The highest BCUT2D eigenvalue weighted by Gasteiger charge is 1.90. The van der Waals surface area contributed by atoms with Crippen LogP contribution >= 0.6 is 0 Å². The lowest BCUT2D eigenvalue weighted by molar-refractivity contribution is 0.400. The van der Waals surface area contributed by atoms with Gasteiger partial charge in [-0.3, -0.25) is 7.05 Å². The van der Waals surface area contributed by atoms with E-state index in [9.17, 15) is 0 Å². The average Bonchev–Trinajstić information content (AvgIpc) is 1.61. The molecule has 0 aromatic carbocycles. The molecule has 0 bridgehead atoms. The van der Waals surface area contributed by atoms with Crippen molar-refractivity contribution in [3.8, 4) is 0 Å². The number of nitrogens with zero attached hydrogens (tertiary/aromatic N) is 1.